The van der Waals surface area contributed by atoms with Crippen LogP contribution in [0.25, 0.3) is 0 Å². The zero-order valence-electron chi connectivity index (χ0n) is 2.07. The van der Waals surface area contributed by atoms with Gasteiger partial charge in [0.15, 0.2) is 0 Å². The molecule has 4 heteroatoms. The van der Waals surface area contributed by atoms with Crippen molar-refractivity contribution in [1.29, 1.82) is 0 Å². The van der Waals surface area contributed by atoms with Crippen molar-refractivity contribution in [2.75, 3.05) is 0 Å². The maximum absolute atomic E-state index is 4.88. The van der Waals surface area contributed by atoms with Crippen LogP contribution in [-0.2, 0) is 16.5 Å². The quantitative estimate of drug-likeness (QED) is 0.584. The molecule has 0 rings (SSSR count). The summed E-state index contributed by atoms with van der Waals surface area (Å²) in [5, 5.41) is 0. The summed E-state index contributed by atoms with van der Waals surface area (Å²) < 4.78 is 0. The summed E-state index contributed by atoms with van der Waals surface area (Å²) in [7, 11) is 9.75. The monoisotopic (exact) mass is 288 g/mol. The average Bonchev–Trinajstić information content (AvgIpc) is 0.918. The summed E-state index contributed by atoms with van der Waals surface area (Å²) in [5.41, 5.74) is 0. The van der Waals surface area contributed by atoms with Crippen molar-refractivity contribution in [3.05, 3.63) is 0 Å². The molecule has 0 saturated carbocycles. The minimum atomic E-state index is -0.472. The Morgan fingerprint density at radius 3 is 1.25 bits per heavy atom. The predicted molar refractivity (Wildman–Crippen MR) is 17.5 cm³/mol. The van der Waals surface area contributed by atoms with Gasteiger partial charge in [0, 0.05) is 29.6 Å². The molecule has 0 saturated heterocycles. The minimum Gasteiger partial charge on any atom is 0 e. The van der Waals surface area contributed by atoms with E-state index in [4.69, 9.17) is 18.8 Å². The first-order valence-electron chi connectivity index (χ1n) is 0.239. The normalized spacial score (nSPS) is 5.50. The van der Waals surface area contributed by atoms with Crippen LogP contribution in [0.5, 0.6) is 0 Å². The van der Waals surface area contributed by atoms with E-state index in [2.05, 4.69) is 0 Å². The molecule has 0 atom stereocenters. The number of halogens is 2. The molecule has 1 radical (unpaired) electrons. The first-order valence-corrected chi connectivity index (χ1v) is 5.87. The number of hydrogen-bond acceptors (Lipinski definition) is 0. The molecule has 25 valence electrons. The smallest absolute Gasteiger partial charge is 0 e. The molecule has 4 heavy (non-hydrogen) atoms. The molecule has 0 aromatic rings. The Morgan fingerprint density at radius 2 is 1.25 bits per heavy atom. The van der Waals surface area contributed by atoms with Gasteiger partial charge in [-0.05, 0) is 0 Å². The molecule has 0 aliphatic rings. The second-order valence-corrected chi connectivity index (χ2v) is 3.33. The third kappa shape index (κ3) is 8.86. The van der Waals surface area contributed by atoms with Gasteiger partial charge in [-0.25, -0.2) is 0 Å². The van der Waals surface area contributed by atoms with Crippen LogP contribution in [0.2, 0.25) is 0 Å². The summed E-state index contributed by atoms with van der Waals surface area (Å²) in [6.07, 6.45) is 0. The zero-order valence-corrected chi connectivity index (χ0v) is 7.86. The molecule has 0 aliphatic heterocycles. The minimum absolute atomic E-state index is 0. The molecular formula is Cl2NaPt. The molecule has 0 aliphatic carbocycles. The van der Waals surface area contributed by atoms with Gasteiger partial charge in [-0.3, -0.25) is 0 Å². The summed E-state index contributed by atoms with van der Waals surface area (Å²) in [6, 6.07) is 0. The van der Waals surface area contributed by atoms with Gasteiger partial charge in [-0.2, -0.15) is 0 Å². The Hall–Kier alpha value is 2.27. The van der Waals surface area contributed by atoms with Crippen molar-refractivity contribution >= 4 is 48.4 Å². The van der Waals surface area contributed by atoms with E-state index in [-0.39, 0.29) is 29.6 Å². The van der Waals surface area contributed by atoms with E-state index < -0.39 is 16.5 Å². The van der Waals surface area contributed by atoms with E-state index in [1.165, 1.54) is 0 Å². The average molecular weight is 289 g/mol. The Morgan fingerprint density at radius 1 is 1.25 bits per heavy atom. The van der Waals surface area contributed by atoms with Crippen molar-refractivity contribution in [2.45, 2.75) is 0 Å². The first kappa shape index (κ1) is 9.55. The molecule has 0 nitrogen and oxygen atoms in total. The third-order valence-electron chi connectivity index (χ3n) is 0. The van der Waals surface area contributed by atoms with Crippen LogP contribution in [0.3, 0.4) is 0 Å². The summed E-state index contributed by atoms with van der Waals surface area (Å²) in [4.78, 5) is 0. The summed E-state index contributed by atoms with van der Waals surface area (Å²) in [6.45, 7) is 0. The van der Waals surface area contributed by atoms with Crippen molar-refractivity contribution < 1.29 is 16.5 Å². The molecule has 0 aromatic heterocycles. The van der Waals surface area contributed by atoms with Gasteiger partial charge < -0.3 is 0 Å². The molecular weight excluding hydrogens is 289 g/mol. The Kier molecular flexibility index (Phi) is 21.5. The molecule has 0 heterocycles. The molecule has 0 N–H and O–H groups in total. The maximum atomic E-state index is 4.88. The largest absolute Gasteiger partial charge is 0 e. The number of hydrogen-bond donors (Lipinski definition) is 0. The predicted octanol–water partition coefficient (Wildman–Crippen LogP) is 0.996. The van der Waals surface area contributed by atoms with E-state index in [0.717, 1.165) is 0 Å². The summed E-state index contributed by atoms with van der Waals surface area (Å²) in [5.74, 6) is 0. The molecule has 0 spiro atoms. The zero-order chi connectivity index (χ0) is 2.71. The fourth-order valence-corrected chi connectivity index (χ4v) is 0. The van der Waals surface area contributed by atoms with Crippen molar-refractivity contribution in [1.82, 2.24) is 0 Å². The van der Waals surface area contributed by atoms with Crippen LogP contribution in [-0.4, -0.2) is 29.6 Å². The van der Waals surface area contributed by atoms with Gasteiger partial charge in [-0.1, -0.05) is 0 Å². The fourth-order valence-electron chi connectivity index (χ4n) is 0. The van der Waals surface area contributed by atoms with Crippen molar-refractivity contribution in [3.8, 4) is 0 Å². The van der Waals surface area contributed by atoms with E-state index in [1.807, 2.05) is 0 Å². The molecule has 0 bridgehead atoms. The molecule has 0 unspecified atom stereocenters. The Balaban J connectivity index is 0. The third-order valence-corrected chi connectivity index (χ3v) is 0. The van der Waals surface area contributed by atoms with E-state index in [1.54, 1.807) is 0 Å². The first-order chi connectivity index (χ1) is 1.41. The maximum Gasteiger partial charge on any atom is 0 e. The topological polar surface area (TPSA) is 0 Å². The van der Waals surface area contributed by atoms with Crippen molar-refractivity contribution in [2.24, 2.45) is 0 Å². The van der Waals surface area contributed by atoms with Crippen LogP contribution in [0.4, 0.5) is 0 Å². The van der Waals surface area contributed by atoms with Crippen LogP contribution in [0.1, 0.15) is 0 Å². The van der Waals surface area contributed by atoms with E-state index in [9.17, 15) is 0 Å². The van der Waals surface area contributed by atoms with Crippen molar-refractivity contribution in [3.63, 3.8) is 0 Å². The van der Waals surface area contributed by atoms with Gasteiger partial charge in [0.25, 0.3) is 0 Å². The van der Waals surface area contributed by atoms with Crippen LogP contribution in [0, 0.1) is 0 Å². The second kappa shape index (κ2) is 8.99. The SMILES string of the molecule is [Cl][Pt][Cl].[Na]. The van der Waals surface area contributed by atoms with Crippen LogP contribution >= 0.6 is 18.8 Å². The van der Waals surface area contributed by atoms with E-state index >= 15 is 0 Å². The van der Waals surface area contributed by atoms with Gasteiger partial charge in [0.2, 0.25) is 0 Å². The Bertz CT molecular complexity index is 6.00. The summed E-state index contributed by atoms with van der Waals surface area (Å²) >= 11 is -0.472. The standard InChI is InChI=1S/2ClH.Na.Pt/h2*1H;;/q;;;+2/p-2. The molecule has 0 amide bonds. The van der Waals surface area contributed by atoms with Crippen LogP contribution < -0.4 is 0 Å². The van der Waals surface area contributed by atoms with Gasteiger partial charge in [0.1, 0.15) is 0 Å². The number of rotatable bonds is 0. The second-order valence-electron chi connectivity index (χ2n) is 0.0452. The van der Waals surface area contributed by atoms with Crippen LogP contribution in [0.15, 0.2) is 0 Å². The Labute approximate surface area is 63.9 Å². The van der Waals surface area contributed by atoms with Gasteiger partial charge >= 0.3 is 35.3 Å². The van der Waals surface area contributed by atoms with Gasteiger partial charge in [-0.15, -0.1) is 0 Å². The molecule has 0 aromatic carbocycles. The molecule has 0 fully saturated rings. The fraction of sp³-hybridized carbons (Fsp3) is 0. The van der Waals surface area contributed by atoms with Gasteiger partial charge in [0.05, 0.1) is 0 Å². The van der Waals surface area contributed by atoms with E-state index in [0.29, 0.717) is 0 Å².